The molecule has 0 saturated carbocycles. The number of carbonyl (C=O) groups is 2. The predicted octanol–water partition coefficient (Wildman–Crippen LogP) is 2.05. The molecule has 142 valence electrons. The molecule has 29 heavy (non-hydrogen) atoms. The Bertz CT molecular complexity index is 1290. The van der Waals surface area contributed by atoms with Gasteiger partial charge in [0, 0.05) is 18.5 Å². The first-order valence-electron chi connectivity index (χ1n) is 8.89. The molecule has 2 aromatic carbocycles. The highest BCUT2D eigenvalue weighted by molar-refractivity contribution is 7.16. The maximum Gasteiger partial charge on any atom is 0.302 e. The normalized spacial score (nSPS) is 13.3. The summed E-state index contributed by atoms with van der Waals surface area (Å²) in [5, 5.41) is 13.1. The second-order valence-electron chi connectivity index (χ2n) is 6.47. The fourth-order valence-corrected chi connectivity index (χ4v) is 4.10. The summed E-state index contributed by atoms with van der Waals surface area (Å²) in [4.78, 5) is 39.3. The fourth-order valence-electron chi connectivity index (χ4n) is 3.28. The molecule has 0 atom stereocenters. The fraction of sp³-hybridized carbons (Fsp3) is 0.100. The summed E-state index contributed by atoms with van der Waals surface area (Å²) in [6.07, 6.45) is 0.333. The Kier molecular flexibility index (Phi) is 4.02. The first kappa shape index (κ1) is 17.4. The monoisotopic (exact) mass is 403 g/mol. The first-order chi connectivity index (χ1) is 14.1. The molecule has 0 spiro atoms. The lowest BCUT2D eigenvalue weighted by Gasteiger charge is -2.12. The largest absolute Gasteiger partial charge is 0.302 e. The average molecular weight is 403 g/mol. The van der Waals surface area contributed by atoms with E-state index in [1.165, 1.54) is 20.8 Å². The zero-order chi connectivity index (χ0) is 20.0. The van der Waals surface area contributed by atoms with Crippen molar-refractivity contribution in [1.82, 2.24) is 24.7 Å². The number of nitrogens with zero attached hydrogens (tertiary/aromatic N) is 5. The van der Waals surface area contributed by atoms with Crippen molar-refractivity contribution in [1.29, 1.82) is 0 Å². The number of hydrogen-bond acceptors (Lipinski definition) is 7. The third-order valence-electron chi connectivity index (χ3n) is 4.71. The molecule has 0 N–H and O–H groups in total. The van der Waals surface area contributed by atoms with Crippen LogP contribution >= 0.6 is 11.3 Å². The maximum absolute atomic E-state index is 12.7. The summed E-state index contributed by atoms with van der Waals surface area (Å²) < 4.78 is 1.22. The van der Waals surface area contributed by atoms with E-state index in [0.717, 1.165) is 0 Å². The van der Waals surface area contributed by atoms with E-state index in [4.69, 9.17) is 0 Å². The number of aromatic nitrogens is 4. The van der Waals surface area contributed by atoms with Gasteiger partial charge >= 0.3 is 5.56 Å². The van der Waals surface area contributed by atoms with Crippen molar-refractivity contribution in [2.45, 2.75) is 6.42 Å². The van der Waals surface area contributed by atoms with Crippen LogP contribution in [-0.2, 0) is 6.42 Å². The summed E-state index contributed by atoms with van der Waals surface area (Å²) in [5.74, 6) is -0.620. The standard InChI is InChI=1S/C20H13N5O3S/c26-17-13-8-4-5-9-14(13)18(27)24(17)11-10-15-23-25-19(28)16(21-22-20(25)29-15)12-6-2-1-3-7-12/h1-9H,10-11H2. The van der Waals surface area contributed by atoms with E-state index in [1.54, 1.807) is 36.4 Å². The molecule has 5 rings (SSSR count). The Morgan fingerprint density at radius 2 is 1.48 bits per heavy atom. The van der Waals surface area contributed by atoms with Gasteiger partial charge in [0.1, 0.15) is 5.01 Å². The summed E-state index contributed by atoms with van der Waals surface area (Å²) in [6, 6.07) is 15.8. The zero-order valence-electron chi connectivity index (χ0n) is 15.0. The van der Waals surface area contributed by atoms with Gasteiger partial charge in [0.05, 0.1) is 11.1 Å². The lowest BCUT2D eigenvalue weighted by molar-refractivity contribution is 0.0656. The number of fused-ring (bicyclic) bond motifs is 2. The summed E-state index contributed by atoms with van der Waals surface area (Å²) in [6.45, 7) is 0.180. The quantitative estimate of drug-likeness (QED) is 0.484. The van der Waals surface area contributed by atoms with Crippen molar-refractivity contribution in [3.63, 3.8) is 0 Å². The Morgan fingerprint density at radius 1 is 0.828 bits per heavy atom. The smallest absolute Gasteiger partial charge is 0.274 e. The molecule has 1 aliphatic heterocycles. The third-order valence-corrected chi connectivity index (χ3v) is 5.67. The highest BCUT2D eigenvalue weighted by atomic mass is 32.1. The topological polar surface area (TPSA) is 97.5 Å². The number of imide groups is 1. The molecule has 0 radical (unpaired) electrons. The Morgan fingerprint density at radius 3 is 2.17 bits per heavy atom. The van der Waals surface area contributed by atoms with Crippen molar-refractivity contribution < 1.29 is 9.59 Å². The van der Waals surface area contributed by atoms with E-state index in [-0.39, 0.29) is 29.6 Å². The maximum atomic E-state index is 12.7. The lowest BCUT2D eigenvalue weighted by atomic mass is 10.1. The minimum atomic E-state index is -0.357. The van der Waals surface area contributed by atoms with Gasteiger partial charge in [-0.2, -0.15) is 9.61 Å². The van der Waals surface area contributed by atoms with Gasteiger partial charge < -0.3 is 0 Å². The van der Waals surface area contributed by atoms with Crippen molar-refractivity contribution >= 4 is 28.1 Å². The van der Waals surface area contributed by atoms with E-state index < -0.39 is 0 Å². The zero-order valence-corrected chi connectivity index (χ0v) is 15.8. The highest BCUT2D eigenvalue weighted by Gasteiger charge is 2.34. The first-order valence-corrected chi connectivity index (χ1v) is 9.71. The van der Waals surface area contributed by atoms with Gasteiger partial charge in [-0.15, -0.1) is 10.2 Å². The minimum absolute atomic E-state index is 0.180. The number of hydrogen-bond donors (Lipinski definition) is 0. The second kappa shape index (κ2) is 6.71. The highest BCUT2D eigenvalue weighted by Crippen LogP contribution is 2.23. The molecule has 0 fully saturated rings. The van der Waals surface area contributed by atoms with Gasteiger partial charge in [-0.1, -0.05) is 53.8 Å². The van der Waals surface area contributed by atoms with Crippen LogP contribution in [0, 0.1) is 0 Å². The number of amides is 2. The molecule has 0 saturated heterocycles. The van der Waals surface area contributed by atoms with E-state index in [9.17, 15) is 14.4 Å². The van der Waals surface area contributed by atoms with Crippen LogP contribution in [0.15, 0.2) is 59.4 Å². The van der Waals surface area contributed by atoms with Gasteiger partial charge in [-0.25, -0.2) is 0 Å². The van der Waals surface area contributed by atoms with E-state index in [2.05, 4.69) is 15.3 Å². The number of rotatable bonds is 4. The summed E-state index contributed by atoms with van der Waals surface area (Å²) in [5.41, 5.74) is 1.36. The molecule has 3 heterocycles. The third kappa shape index (κ3) is 2.83. The van der Waals surface area contributed by atoms with Crippen LogP contribution in [0.3, 0.4) is 0 Å². The van der Waals surface area contributed by atoms with Crippen molar-refractivity contribution in [2.24, 2.45) is 0 Å². The van der Waals surface area contributed by atoms with Gasteiger partial charge in [-0.05, 0) is 12.1 Å². The molecule has 8 nitrogen and oxygen atoms in total. The van der Waals surface area contributed by atoms with Crippen LogP contribution in [0.25, 0.3) is 16.2 Å². The van der Waals surface area contributed by atoms with Crippen molar-refractivity contribution in [3.05, 3.63) is 81.1 Å². The molecule has 0 unspecified atom stereocenters. The molecule has 1 aliphatic rings. The van der Waals surface area contributed by atoms with Crippen LogP contribution in [0.2, 0.25) is 0 Å². The van der Waals surface area contributed by atoms with Crippen molar-refractivity contribution in [2.75, 3.05) is 6.54 Å². The molecule has 9 heteroatoms. The lowest BCUT2D eigenvalue weighted by Crippen LogP contribution is -2.31. The van der Waals surface area contributed by atoms with Gasteiger partial charge in [-0.3, -0.25) is 19.3 Å². The second-order valence-corrected chi connectivity index (χ2v) is 7.51. The van der Waals surface area contributed by atoms with Gasteiger partial charge in [0.2, 0.25) is 4.96 Å². The Hall–Kier alpha value is -3.72. The summed E-state index contributed by atoms with van der Waals surface area (Å²) in [7, 11) is 0. The van der Waals surface area contributed by atoms with Gasteiger partial charge in [0.25, 0.3) is 11.8 Å². The van der Waals surface area contributed by atoms with E-state index in [0.29, 0.717) is 33.1 Å². The Balaban J connectivity index is 1.41. The molecular formula is C20H13N5O3S. The summed E-state index contributed by atoms with van der Waals surface area (Å²) >= 11 is 1.21. The SMILES string of the molecule is O=C1c2ccccc2C(=O)N1CCc1nn2c(=O)c(-c3ccccc3)nnc2s1. The predicted molar refractivity (Wildman–Crippen MR) is 106 cm³/mol. The molecule has 0 aliphatic carbocycles. The van der Waals surface area contributed by atoms with E-state index in [1.807, 2.05) is 18.2 Å². The van der Waals surface area contributed by atoms with Crippen LogP contribution in [0.5, 0.6) is 0 Å². The molecule has 2 amide bonds. The molecule has 2 aromatic heterocycles. The Labute approximate surface area is 168 Å². The van der Waals surface area contributed by atoms with Crippen LogP contribution in [0.1, 0.15) is 25.7 Å². The van der Waals surface area contributed by atoms with Gasteiger partial charge in [0.15, 0.2) is 5.69 Å². The van der Waals surface area contributed by atoms with Crippen LogP contribution < -0.4 is 5.56 Å². The minimum Gasteiger partial charge on any atom is -0.274 e. The van der Waals surface area contributed by atoms with E-state index >= 15 is 0 Å². The van der Waals surface area contributed by atoms with Crippen molar-refractivity contribution in [3.8, 4) is 11.3 Å². The van der Waals surface area contributed by atoms with Crippen LogP contribution in [-0.4, -0.2) is 43.1 Å². The molecule has 4 aromatic rings. The molecule has 0 bridgehead atoms. The number of benzene rings is 2. The average Bonchev–Trinajstić information content (AvgIpc) is 3.28. The van der Waals surface area contributed by atoms with Crippen LogP contribution in [0.4, 0.5) is 0 Å². The molecular weight excluding hydrogens is 390 g/mol. The number of carbonyl (C=O) groups excluding carboxylic acids is 2.